The summed E-state index contributed by atoms with van der Waals surface area (Å²) in [6, 6.07) is 4.94. The van der Waals surface area contributed by atoms with E-state index in [1.54, 1.807) is 0 Å². The fraction of sp³-hybridized carbons (Fsp3) is 0.286. The minimum atomic E-state index is -4.09. The number of hydrogen-bond acceptors (Lipinski definition) is 7. The molecule has 0 saturated carbocycles. The molecular weight excluding hydrogens is 438 g/mol. The van der Waals surface area contributed by atoms with Gasteiger partial charge in [-0.25, -0.2) is 25.9 Å². The molecule has 1 N–H and O–H groups in total. The van der Waals surface area contributed by atoms with E-state index in [4.69, 9.17) is 11.6 Å². The molecule has 148 valence electrons. The Labute approximate surface area is 165 Å². The molecule has 0 aliphatic rings. The number of thiophene rings is 1. The van der Waals surface area contributed by atoms with Gasteiger partial charge in [0.25, 0.3) is 15.7 Å². The second-order valence-corrected chi connectivity index (χ2v) is 11.4. The van der Waals surface area contributed by atoms with Crippen molar-refractivity contribution in [3.63, 3.8) is 0 Å². The standard InChI is InChI=1S/C14H16ClN3O6S3/c1-9-12(15)6-11(7-13(9)18(19)20)26(21,22)16-8-10-4-5-14(25-10)27(23,24)17(2)3/h4-7,16H,8H2,1-3H3. The summed E-state index contributed by atoms with van der Waals surface area (Å²) in [5.41, 5.74) is -0.240. The van der Waals surface area contributed by atoms with Gasteiger partial charge in [-0.15, -0.1) is 11.3 Å². The van der Waals surface area contributed by atoms with Crippen LogP contribution in [0.1, 0.15) is 10.4 Å². The Morgan fingerprint density at radius 2 is 1.85 bits per heavy atom. The molecule has 27 heavy (non-hydrogen) atoms. The van der Waals surface area contributed by atoms with Gasteiger partial charge in [0.15, 0.2) is 0 Å². The predicted molar refractivity (Wildman–Crippen MR) is 102 cm³/mol. The second-order valence-electron chi connectivity index (χ2n) is 5.64. The van der Waals surface area contributed by atoms with Crippen LogP contribution in [0.2, 0.25) is 5.02 Å². The number of nitrogens with zero attached hydrogens (tertiary/aromatic N) is 2. The van der Waals surface area contributed by atoms with Crippen LogP contribution in [0.25, 0.3) is 0 Å². The summed E-state index contributed by atoms with van der Waals surface area (Å²) in [6.07, 6.45) is 0. The van der Waals surface area contributed by atoms with Gasteiger partial charge in [-0.1, -0.05) is 11.6 Å². The number of nitro benzene ring substituents is 1. The molecule has 0 spiro atoms. The Balaban J connectivity index is 2.26. The van der Waals surface area contributed by atoms with E-state index in [9.17, 15) is 26.9 Å². The molecule has 0 bridgehead atoms. The Bertz CT molecular complexity index is 1090. The minimum absolute atomic E-state index is 0.0416. The molecule has 1 heterocycles. The van der Waals surface area contributed by atoms with Gasteiger partial charge in [-0.3, -0.25) is 10.1 Å². The average molecular weight is 454 g/mol. The van der Waals surface area contributed by atoms with E-state index in [1.807, 2.05) is 0 Å². The van der Waals surface area contributed by atoms with Crippen molar-refractivity contribution in [2.24, 2.45) is 0 Å². The van der Waals surface area contributed by atoms with Gasteiger partial charge in [0.05, 0.1) is 14.8 Å². The van der Waals surface area contributed by atoms with E-state index in [1.165, 1.54) is 33.2 Å². The molecule has 0 aliphatic heterocycles. The van der Waals surface area contributed by atoms with E-state index in [0.29, 0.717) is 4.88 Å². The number of nitrogens with one attached hydrogen (secondary N) is 1. The first-order valence-electron chi connectivity index (χ1n) is 7.31. The topological polar surface area (TPSA) is 127 Å². The number of rotatable bonds is 7. The fourth-order valence-corrected chi connectivity index (χ4v) is 5.89. The van der Waals surface area contributed by atoms with E-state index < -0.39 is 30.7 Å². The van der Waals surface area contributed by atoms with Gasteiger partial charge >= 0.3 is 0 Å². The van der Waals surface area contributed by atoms with Crippen LogP contribution < -0.4 is 4.72 Å². The van der Waals surface area contributed by atoms with Crippen molar-refractivity contribution in [3.8, 4) is 0 Å². The van der Waals surface area contributed by atoms with Crippen LogP contribution in [0.3, 0.4) is 0 Å². The lowest BCUT2D eigenvalue weighted by atomic mass is 10.2. The monoisotopic (exact) mass is 453 g/mol. The number of halogens is 1. The summed E-state index contributed by atoms with van der Waals surface area (Å²) in [5.74, 6) is 0. The van der Waals surface area contributed by atoms with Gasteiger partial charge in [-0.05, 0) is 25.1 Å². The van der Waals surface area contributed by atoms with Crippen molar-refractivity contribution >= 4 is 48.7 Å². The van der Waals surface area contributed by atoms with Crippen LogP contribution in [-0.4, -0.2) is 40.2 Å². The average Bonchev–Trinajstić information content (AvgIpc) is 3.04. The molecule has 0 aliphatic carbocycles. The number of sulfonamides is 2. The first-order valence-corrected chi connectivity index (χ1v) is 11.4. The zero-order chi connectivity index (χ0) is 20.6. The molecule has 0 saturated heterocycles. The third-order valence-corrected chi connectivity index (χ3v) is 8.75. The molecular formula is C14H16ClN3O6S3. The summed E-state index contributed by atoms with van der Waals surface area (Å²) >= 11 is 6.83. The molecule has 0 unspecified atom stereocenters. The number of hydrogen-bond donors (Lipinski definition) is 1. The molecule has 1 aromatic carbocycles. The largest absolute Gasteiger partial charge is 0.275 e. The highest BCUT2D eigenvalue weighted by Crippen LogP contribution is 2.30. The molecule has 2 rings (SSSR count). The number of benzene rings is 1. The van der Waals surface area contributed by atoms with Crippen molar-refractivity contribution < 1.29 is 21.8 Å². The van der Waals surface area contributed by atoms with E-state index in [2.05, 4.69) is 4.72 Å². The predicted octanol–water partition coefficient (Wildman–Crippen LogP) is 2.35. The third-order valence-electron chi connectivity index (χ3n) is 3.61. The molecule has 0 fully saturated rings. The van der Waals surface area contributed by atoms with Crippen LogP contribution in [0, 0.1) is 17.0 Å². The lowest BCUT2D eigenvalue weighted by molar-refractivity contribution is -0.385. The first-order chi connectivity index (χ1) is 12.4. The SMILES string of the molecule is Cc1c(Cl)cc(S(=O)(=O)NCc2ccc(S(=O)(=O)N(C)C)s2)cc1[N+](=O)[O-]. The lowest BCUT2D eigenvalue weighted by Gasteiger charge is -2.09. The maximum Gasteiger partial charge on any atom is 0.275 e. The molecule has 0 amide bonds. The first kappa shape index (κ1) is 21.7. The maximum absolute atomic E-state index is 12.4. The molecule has 2 aromatic rings. The second kappa shape index (κ2) is 7.81. The summed E-state index contributed by atoms with van der Waals surface area (Å²) in [4.78, 5) is 10.5. The Kier molecular flexibility index (Phi) is 6.29. The highest BCUT2D eigenvalue weighted by molar-refractivity contribution is 7.91. The van der Waals surface area contributed by atoms with E-state index in [0.717, 1.165) is 27.8 Å². The summed E-state index contributed by atoms with van der Waals surface area (Å²) < 4.78 is 52.4. The van der Waals surface area contributed by atoms with E-state index >= 15 is 0 Å². The van der Waals surface area contributed by atoms with Crippen LogP contribution in [0.15, 0.2) is 33.4 Å². The third kappa shape index (κ3) is 4.65. The van der Waals surface area contributed by atoms with Crippen molar-refractivity contribution in [1.82, 2.24) is 9.03 Å². The quantitative estimate of drug-likeness (QED) is 0.506. The van der Waals surface area contributed by atoms with Crippen molar-refractivity contribution in [1.29, 1.82) is 0 Å². The summed E-state index contributed by atoms with van der Waals surface area (Å²) in [7, 11) is -4.91. The highest BCUT2D eigenvalue weighted by atomic mass is 35.5. The molecule has 0 atom stereocenters. The van der Waals surface area contributed by atoms with E-state index in [-0.39, 0.29) is 26.2 Å². The normalized spacial score (nSPS) is 12.5. The van der Waals surface area contributed by atoms with Crippen molar-refractivity contribution in [2.45, 2.75) is 22.6 Å². The summed E-state index contributed by atoms with van der Waals surface area (Å²) in [5, 5.41) is 11.0. The van der Waals surface area contributed by atoms with Gasteiger partial charge in [0.1, 0.15) is 4.21 Å². The highest BCUT2D eigenvalue weighted by Gasteiger charge is 2.23. The van der Waals surface area contributed by atoms with Crippen LogP contribution in [0.5, 0.6) is 0 Å². The number of nitro groups is 1. The molecule has 9 nitrogen and oxygen atoms in total. The Hall–Kier alpha value is -1.57. The molecule has 13 heteroatoms. The smallest absolute Gasteiger partial charge is 0.258 e. The van der Waals surface area contributed by atoms with Gasteiger partial charge in [-0.2, -0.15) is 0 Å². The fourth-order valence-electron chi connectivity index (χ4n) is 2.01. The van der Waals surface area contributed by atoms with Crippen molar-refractivity contribution in [3.05, 3.63) is 49.8 Å². The van der Waals surface area contributed by atoms with Gasteiger partial charge in [0, 0.05) is 37.1 Å². The minimum Gasteiger partial charge on any atom is -0.258 e. The molecule has 0 radical (unpaired) electrons. The zero-order valence-electron chi connectivity index (χ0n) is 14.5. The van der Waals surface area contributed by atoms with Crippen LogP contribution in [0.4, 0.5) is 5.69 Å². The lowest BCUT2D eigenvalue weighted by Crippen LogP contribution is -2.23. The van der Waals surface area contributed by atoms with Gasteiger partial charge < -0.3 is 0 Å². The van der Waals surface area contributed by atoms with Crippen molar-refractivity contribution in [2.75, 3.05) is 14.1 Å². The summed E-state index contributed by atoms with van der Waals surface area (Å²) in [6.45, 7) is 1.25. The van der Waals surface area contributed by atoms with Crippen LogP contribution >= 0.6 is 22.9 Å². The zero-order valence-corrected chi connectivity index (χ0v) is 17.7. The molecule has 1 aromatic heterocycles. The Morgan fingerprint density at radius 1 is 1.22 bits per heavy atom. The maximum atomic E-state index is 12.4. The van der Waals surface area contributed by atoms with Gasteiger partial charge in [0.2, 0.25) is 10.0 Å². The Morgan fingerprint density at radius 3 is 2.41 bits per heavy atom. The van der Waals surface area contributed by atoms with Crippen LogP contribution in [-0.2, 0) is 26.6 Å².